The molecule has 0 unspecified atom stereocenters. The van der Waals surface area contributed by atoms with E-state index in [1.165, 1.54) is 29.9 Å². The van der Waals surface area contributed by atoms with E-state index in [-0.39, 0.29) is 28.9 Å². The lowest BCUT2D eigenvalue weighted by molar-refractivity contribution is -0.144. The fourth-order valence-electron chi connectivity index (χ4n) is 2.54. The van der Waals surface area contributed by atoms with Gasteiger partial charge in [0.25, 0.3) is 0 Å². The number of hydrogen-bond acceptors (Lipinski definition) is 3. The van der Waals surface area contributed by atoms with Crippen molar-refractivity contribution in [1.82, 2.24) is 19.6 Å². The van der Waals surface area contributed by atoms with Gasteiger partial charge in [-0.05, 0) is 30.7 Å². The van der Waals surface area contributed by atoms with Gasteiger partial charge in [0.1, 0.15) is 23.1 Å². The first kappa shape index (κ1) is 19.9. The highest BCUT2D eigenvalue weighted by molar-refractivity contribution is 6.33. The van der Waals surface area contributed by atoms with Crippen LogP contribution in [0.4, 0.5) is 23.4 Å². The van der Waals surface area contributed by atoms with E-state index in [1.807, 2.05) is 0 Å². The molecule has 1 N–H and O–H groups in total. The molecule has 0 bridgehead atoms. The van der Waals surface area contributed by atoms with E-state index < -0.39 is 24.3 Å². The van der Waals surface area contributed by atoms with E-state index in [9.17, 15) is 22.4 Å². The third-order valence-corrected chi connectivity index (χ3v) is 4.00. The van der Waals surface area contributed by atoms with Crippen molar-refractivity contribution in [3.63, 3.8) is 0 Å². The summed E-state index contributed by atoms with van der Waals surface area (Å²) in [6.45, 7) is 1.02. The smallest absolute Gasteiger partial charge is 0.306 e. The maximum atomic E-state index is 13.0. The minimum atomic E-state index is -4.63. The van der Waals surface area contributed by atoms with Gasteiger partial charge < -0.3 is 5.32 Å². The fraction of sp³-hybridized carbons (Fsp3) is 0.235. The zero-order valence-corrected chi connectivity index (χ0v) is 15.2. The lowest BCUT2D eigenvalue weighted by Crippen LogP contribution is -2.24. The Bertz CT molecular complexity index is 994. The second-order valence-corrected chi connectivity index (χ2v) is 6.43. The average Bonchev–Trinajstić information content (AvgIpc) is 3.12. The quantitative estimate of drug-likeness (QED) is 0.643. The van der Waals surface area contributed by atoms with Crippen molar-refractivity contribution in [1.29, 1.82) is 0 Å². The Morgan fingerprint density at radius 2 is 1.89 bits per heavy atom. The molecular weight excluding hydrogens is 402 g/mol. The minimum Gasteiger partial charge on any atom is -0.306 e. The normalized spacial score (nSPS) is 11.6. The molecule has 0 aliphatic heterocycles. The van der Waals surface area contributed by atoms with E-state index >= 15 is 0 Å². The number of rotatable bonds is 5. The standard InChI is InChI=1S/C17H14ClF4N5O/c1-10-6-14(17(20,21)22)27(24-10)9-15(28)23-16-13(18)8-26(25-16)7-11-2-4-12(19)5-3-11/h2-6,8H,7,9H2,1H3,(H,23,25,28). The summed E-state index contributed by atoms with van der Waals surface area (Å²) in [5.74, 6) is -1.13. The van der Waals surface area contributed by atoms with Crippen molar-refractivity contribution >= 4 is 23.3 Å². The molecule has 11 heteroatoms. The molecule has 2 heterocycles. The van der Waals surface area contributed by atoms with Gasteiger partial charge in [0, 0.05) is 6.20 Å². The largest absolute Gasteiger partial charge is 0.433 e. The topological polar surface area (TPSA) is 64.7 Å². The van der Waals surface area contributed by atoms with Crippen LogP contribution in [0.1, 0.15) is 17.0 Å². The van der Waals surface area contributed by atoms with Crippen LogP contribution in [0.5, 0.6) is 0 Å². The highest BCUT2D eigenvalue weighted by Crippen LogP contribution is 2.29. The number of amides is 1. The molecule has 0 spiro atoms. The van der Waals surface area contributed by atoms with E-state index in [2.05, 4.69) is 15.5 Å². The van der Waals surface area contributed by atoms with Crippen molar-refractivity contribution in [2.75, 3.05) is 5.32 Å². The van der Waals surface area contributed by atoms with Crippen molar-refractivity contribution in [3.05, 3.63) is 64.3 Å². The van der Waals surface area contributed by atoms with Gasteiger partial charge in [0.05, 0.1) is 12.2 Å². The second kappa shape index (κ2) is 7.63. The van der Waals surface area contributed by atoms with Crippen LogP contribution in [0, 0.1) is 12.7 Å². The predicted molar refractivity (Wildman–Crippen MR) is 93.3 cm³/mol. The molecule has 148 valence electrons. The van der Waals surface area contributed by atoms with Gasteiger partial charge in [-0.15, -0.1) is 0 Å². The number of carbonyl (C=O) groups is 1. The summed E-state index contributed by atoms with van der Waals surface area (Å²) in [5, 5.41) is 10.3. The van der Waals surface area contributed by atoms with E-state index in [0.29, 0.717) is 4.68 Å². The summed E-state index contributed by atoms with van der Waals surface area (Å²) >= 11 is 6.03. The summed E-state index contributed by atoms with van der Waals surface area (Å²) in [6, 6.07) is 6.60. The van der Waals surface area contributed by atoms with Crippen LogP contribution < -0.4 is 5.32 Å². The number of carbonyl (C=O) groups excluding carboxylic acids is 1. The predicted octanol–water partition coefficient (Wildman–Crippen LogP) is 3.89. The Kier molecular flexibility index (Phi) is 5.41. The van der Waals surface area contributed by atoms with Crippen LogP contribution in [0.3, 0.4) is 0 Å². The van der Waals surface area contributed by atoms with Crippen LogP contribution in [-0.2, 0) is 24.1 Å². The summed E-state index contributed by atoms with van der Waals surface area (Å²) in [6.07, 6.45) is -3.18. The zero-order valence-electron chi connectivity index (χ0n) is 14.5. The molecule has 0 fully saturated rings. The molecule has 1 aromatic carbocycles. The number of alkyl halides is 3. The number of nitrogens with zero attached hydrogens (tertiary/aromatic N) is 4. The number of anilines is 1. The number of benzene rings is 1. The monoisotopic (exact) mass is 415 g/mol. The number of aromatic nitrogens is 4. The van der Waals surface area contributed by atoms with E-state index in [0.717, 1.165) is 11.6 Å². The lowest BCUT2D eigenvalue weighted by Gasteiger charge is -2.10. The Labute approximate surface area is 161 Å². The molecule has 0 radical (unpaired) electrons. The highest BCUT2D eigenvalue weighted by atomic mass is 35.5. The number of nitrogens with one attached hydrogen (secondary N) is 1. The van der Waals surface area contributed by atoms with E-state index in [1.54, 1.807) is 12.1 Å². The lowest BCUT2D eigenvalue weighted by atomic mass is 10.2. The van der Waals surface area contributed by atoms with Crippen LogP contribution in [0.2, 0.25) is 5.02 Å². The van der Waals surface area contributed by atoms with E-state index in [4.69, 9.17) is 11.6 Å². The Morgan fingerprint density at radius 1 is 1.21 bits per heavy atom. The van der Waals surface area contributed by atoms with Crippen LogP contribution in [0.25, 0.3) is 0 Å². The maximum Gasteiger partial charge on any atom is 0.433 e. The van der Waals surface area contributed by atoms with Gasteiger partial charge >= 0.3 is 6.18 Å². The second-order valence-electron chi connectivity index (χ2n) is 6.02. The Balaban J connectivity index is 1.70. The first-order chi connectivity index (χ1) is 13.1. The first-order valence-electron chi connectivity index (χ1n) is 8.01. The highest BCUT2D eigenvalue weighted by Gasteiger charge is 2.35. The summed E-state index contributed by atoms with van der Waals surface area (Å²) in [4.78, 5) is 12.1. The van der Waals surface area contributed by atoms with Crippen LogP contribution in [-0.4, -0.2) is 25.5 Å². The van der Waals surface area contributed by atoms with Gasteiger partial charge in [0.15, 0.2) is 5.82 Å². The van der Waals surface area contributed by atoms with Crippen molar-refractivity contribution < 1.29 is 22.4 Å². The maximum absolute atomic E-state index is 13.0. The molecule has 0 aliphatic rings. The summed E-state index contributed by atoms with van der Waals surface area (Å²) in [5.41, 5.74) is -0.130. The molecule has 3 rings (SSSR count). The third kappa shape index (κ3) is 4.69. The number of halogens is 5. The van der Waals surface area contributed by atoms with Gasteiger partial charge in [-0.1, -0.05) is 23.7 Å². The first-order valence-corrected chi connectivity index (χ1v) is 8.38. The number of hydrogen-bond donors (Lipinski definition) is 1. The van der Waals surface area contributed by atoms with Gasteiger partial charge in [-0.3, -0.25) is 14.2 Å². The molecule has 28 heavy (non-hydrogen) atoms. The fourth-order valence-corrected chi connectivity index (χ4v) is 2.74. The molecule has 0 saturated carbocycles. The van der Waals surface area contributed by atoms with Crippen molar-refractivity contribution in [2.45, 2.75) is 26.2 Å². The van der Waals surface area contributed by atoms with Gasteiger partial charge in [0.2, 0.25) is 5.91 Å². The van der Waals surface area contributed by atoms with Crippen molar-refractivity contribution in [2.24, 2.45) is 0 Å². The molecule has 1 amide bonds. The van der Waals surface area contributed by atoms with Crippen molar-refractivity contribution in [3.8, 4) is 0 Å². The molecular formula is C17H14ClF4N5O. The molecule has 6 nitrogen and oxygen atoms in total. The average molecular weight is 416 g/mol. The Morgan fingerprint density at radius 3 is 2.54 bits per heavy atom. The minimum absolute atomic E-state index is 0.00575. The Hall–Kier alpha value is -2.88. The third-order valence-electron chi connectivity index (χ3n) is 3.72. The SMILES string of the molecule is Cc1cc(C(F)(F)F)n(CC(=O)Nc2nn(Cc3ccc(F)cc3)cc2Cl)n1. The molecule has 0 aliphatic carbocycles. The van der Waals surface area contributed by atoms with Gasteiger partial charge in [-0.2, -0.15) is 23.4 Å². The van der Waals surface area contributed by atoms with Crippen LogP contribution >= 0.6 is 11.6 Å². The summed E-state index contributed by atoms with van der Waals surface area (Å²) < 4.78 is 53.9. The van der Waals surface area contributed by atoms with Crippen LogP contribution in [0.15, 0.2) is 36.5 Å². The number of aryl methyl sites for hydroxylation is 1. The molecule has 2 aromatic heterocycles. The molecule has 0 atom stereocenters. The van der Waals surface area contributed by atoms with Gasteiger partial charge in [-0.25, -0.2) is 4.39 Å². The molecule has 0 saturated heterocycles. The zero-order chi connectivity index (χ0) is 20.5. The summed E-state index contributed by atoms with van der Waals surface area (Å²) in [7, 11) is 0. The molecule has 3 aromatic rings.